The summed E-state index contributed by atoms with van der Waals surface area (Å²) < 4.78 is 1.04. The van der Waals surface area contributed by atoms with Crippen LogP contribution in [0.15, 0.2) is 57.9 Å². The van der Waals surface area contributed by atoms with Crippen LogP contribution in [0.1, 0.15) is 42.6 Å². The van der Waals surface area contributed by atoms with Gasteiger partial charge in [0.1, 0.15) is 0 Å². The maximum Gasteiger partial charge on any atom is 0.251 e. The zero-order valence-electron chi connectivity index (χ0n) is 15.6. The number of hydrogen-bond acceptors (Lipinski definition) is 3. The highest BCUT2D eigenvalue weighted by molar-refractivity contribution is 9.10. The lowest BCUT2D eigenvalue weighted by Gasteiger charge is -2.12. The van der Waals surface area contributed by atoms with E-state index < -0.39 is 0 Å². The van der Waals surface area contributed by atoms with Crippen LogP contribution in [0, 0.1) is 0 Å². The summed E-state index contributed by atoms with van der Waals surface area (Å²) in [4.78, 5) is 25.4. The number of carbonyl (C=O) groups excluding carboxylic acids is 2. The topological polar surface area (TPSA) is 58.2 Å². The van der Waals surface area contributed by atoms with E-state index in [1.807, 2.05) is 56.3 Å². The minimum Gasteiger partial charge on any atom is -0.352 e. The molecule has 0 aromatic heterocycles. The van der Waals surface area contributed by atoms with E-state index in [1.54, 1.807) is 17.8 Å². The lowest BCUT2D eigenvalue weighted by atomic mass is 10.1. The second-order valence-corrected chi connectivity index (χ2v) is 8.28. The fourth-order valence-electron chi connectivity index (χ4n) is 2.34. The minimum atomic E-state index is -0.0811. The van der Waals surface area contributed by atoms with Crippen molar-refractivity contribution in [3.8, 4) is 0 Å². The number of rotatable bonds is 9. The van der Waals surface area contributed by atoms with Crippen molar-refractivity contribution in [1.82, 2.24) is 10.6 Å². The Morgan fingerprint density at radius 2 is 1.93 bits per heavy atom. The highest BCUT2D eigenvalue weighted by Crippen LogP contribution is 2.27. The number of nitrogens with one attached hydrogen (secondary N) is 2. The number of halogens is 1. The molecule has 0 radical (unpaired) electrons. The Balaban J connectivity index is 1.78. The Hall–Kier alpha value is -1.79. The van der Waals surface area contributed by atoms with Gasteiger partial charge in [0, 0.05) is 39.7 Å². The molecular formula is C21H25BrN2O2S. The van der Waals surface area contributed by atoms with Crippen molar-refractivity contribution in [1.29, 1.82) is 0 Å². The molecule has 0 aliphatic rings. The minimum absolute atomic E-state index is 0.00372. The van der Waals surface area contributed by atoms with Crippen LogP contribution in [0.2, 0.25) is 0 Å². The molecule has 2 N–H and O–H groups in total. The zero-order chi connectivity index (χ0) is 19.6. The average Bonchev–Trinajstić information content (AvgIpc) is 2.68. The molecule has 1 atom stereocenters. The molecule has 2 aromatic carbocycles. The molecule has 4 nitrogen and oxygen atoms in total. The molecule has 0 spiro atoms. The van der Waals surface area contributed by atoms with Crippen LogP contribution >= 0.6 is 27.7 Å². The summed E-state index contributed by atoms with van der Waals surface area (Å²) in [5.74, 6) is 0.637. The van der Waals surface area contributed by atoms with Crippen molar-refractivity contribution in [3.63, 3.8) is 0 Å². The molecular weight excluding hydrogens is 424 g/mol. The summed E-state index contributed by atoms with van der Waals surface area (Å²) in [5.41, 5.74) is 1.53. The molecule has 0 aliphatic heterocycles. The summed E-state index contributed by atoms with van der Waals surface area (Å²) >= 11 is 5.16. The molecule has 6 heteroatoms. The smallest absolute Gasteiger partial charge is 0.251 e. The van der Waals surface area contributed by atoms with Crippen LogP contribution in [0.3, 0.4) is 0 Å². The van der Waals surface area contributed by atoms with Crippen molar-refractivity contribution in [3.05, 3.63) is 64.1 Å². The van der Waals surface area contributed by atoms with Gasteiger partial charge in [0.2, 0.25) is 5.91 Å². The third kappa shape index (κ3) is 7.39. The van der Waals surface area contributed by atoms with E-state index in [0.29, 0.717) is 24.3 Å². The average molecular weight is 449 g/mol. The molecule has 2 rings (SSSR count). The molecule has 0 bridgehead atoms. The fraction of sp³-hybridized carbons (Fsp3) is 0.333. The van der Waals surface area contributed by atoms with Gasteiger partial charge in [0.15, 0.2) is 0 Å². The summed E-state index contributed by atoms with van der Waals surface area (Å²) in [6.07, 6.45) is 1.33. The number of benzene rings is 2. The van der Waals surface area contributed by atoms with Gasteiger partial charge in [-0.1, -0.05) is 31.2 Å². The van der Waals surface area contributed by atoms with E-state index in [2.05, 4.69) is 26.6 Å². The third-order valence-corrected chi connectivity index (χ3v) is 6.12. The van der Waals surface area contributed by atoms with Crippen molar-refractivity contribution in [2.75, 3.05) is 5.75 Å². The summed E-state index contributed by atoms with van der Waals surface area (Å²) in [5, 5.41) is 5.88. The van der Waals surface area contributed by atoms with Crippen molar-refractivity contribution in [2.24, 2.45) is 0 Å². The van der Waals surface area contributed by atoms with E-state index in [9.17, 15) is 9.59 Å². The first-order valence-electron chi connectivity index (χ1n) is 9.03. The van der Waals surface area contributed by atoms with E-state index >= 15 is 0 Å². The number of carbonyl (C=O) groups is 2. The van der Waals surface area contributed by atoms with Crippen LogP contribution in [-0.4, -0.2) is 23.6 Å². The molecule has 1 unspecified atom stereocenters. The maximum absolute atomic E-state index is 12.2. The maximum atomic E-state index is 12.2. The van der Waals surface area contributed by atoms with Crippen molar-refractivity contribution < 1.29 is 9.59 Å². The molecule has 0 saturated carbocycles. The molecule has 0 aliphatic carbocycles. The fourth-order valence-corrected chi connectivity index (χ4v) is 3.85. The number of thioether (sulfide) groups is 1. The molecule has 0 fully saturated rings. The van der Waals surface area contributed by atoms with Gasteiger partial charge >= 0.3 is 0 Å². The van der Waals surface area contributed by atoms with E-state index in [1.165, 1.54) is 0 Å². The first kappa shape index (κ1) is 21.5. The third-order valence-electron chi connectivity index (χ3n) is 4.09. The molecule has 27 heavy (non-hydrogen) atoms. The van der Waals surface area contributed by atoms with Crippen LogP contribution < -0.4 is 10.6 Å². The SMILES string of the molecule is CCC(C)NC(=O)c1cccc(CNC(=O)CCSc2ccccc2Br)c1. The van der Waals surface area contributed by atoms with Crippen LogP contribution in [0.5, 0.6) is 0 Å². The largest absolute Gasteiger partial charge is 0.352 e. The lowest BCUT2D eigenvalue weighted by molar-refractivity contribution is -0.120. The van der Waals surface area contributed by atoms with E-state index in [4.69, 9.17) is 0 Å². The first-order valence-corrected chi connectivity index (χ1v) is 10.8. The number of amides is 2. The molecule has 2 aromatic rings. The van der Waals surface area contributed by atoms with Gasteiger partial charge in [-0.2, -0.15) is 0 Å². The lowest BCUT2D eigenvalue weighted by Crippen LogP contribution is -2.32. The molecule has 0 heterocycles. The van der Waals surface area contributed by atoms with Gasteiger partial charge in [0.25, 0.3) is 5.91 Å². The van der Waals surface area contributed by atoms with Gasteiger partial charge < -0.3 is 10.6 Å². The van der Waals surface area contributed by atoms with Gasteiger partial charge in [-0.25, -0.2) is 0 Å². The predicted molar refractivity (Wildman–Crippen MR) is 115 cm³/mol. The normalized spacial score (nSPS) is 11.7. The van der Waals surface area contributed by atoms with E-state index in [0.717, 1.165) is 21.4 Å². The zero-order valence-corrected chi connectivity index (χ0v) is 18.0. The number of hydrogen-bond donors (Lipinski definition) is 2. The first-order chi connectivity index (χ1) is 13.0. The Morgan fingerprint density at radius 1 is 1.15 bits per heavy atom. The van der Waals surface area contributed by atoms with Crippen molar-refractivity contribution >= 4 is 39.5 Å². The quantitative estimate of drug-likeness (QED) is 0.542. The van der Waals surface area contributed by atoms with Crippen molar-refractivity contribution in [2.45, 2.75) is 44.2 Å². The Morgan fingerprint density at radius 3 is 2.67 bits per heavy atom. The van der Waals surface area contributed by atoms with Gasteiger partial charge in [-0.15, -0.1) is 11.8 Å². The Labute approximate surface area is 173 Å². The van der Waals surface area contributed by atoms with Gasteiger partial charge in [-0.05, 0) is 59.1 Å². The highest BCUT2D eigenvalue weighted by atomic mass is 79.9. The van der Waals surface area contributed by atoms with Gasteiger partial charge in [0.05, 0.1) is 0 Å². The molecule has 0 saturated heterocycles. The second kappa shape index (κ2) is 11.1. The van der Waals surface area contributed by atoms with Gasteiger partial charge in [-0.3, -0.25) is 9.59 Å². The predicted octanol–water partition coefficient (Wildman–Crippen LogP) is 4.78. The standard InChI is InChI=1S/C21H25BrN2O2S/c1-3-15(2)24-21(26)17-8-6-7-16(13-17)14-23-20(25)11-12-27-19-10-5-4-9-18(19)22/h4-10,13,15H,3,11-12,14H2,1-2H3,(H,23,25)(H,24,26). The van der Waals surface area contributed by atoms with Crippen LogP contribution in [0.25, 0.3) is 0 Å². The Bertz CT molecular complexity index is 782. The van der Waals surface area contributed by atoms with E-state index in [-0.39, 0.29) is 17.9 Å². The Kier molecular flexibility index (Phi) is 8.88. The molecule has 144 valence electrons. The monoisotopic (exact) mass is 448 g/mol. The molecule has 2 amide bonds. The second-order valence-electron chi connectivity index (χ2n) is 6.29. The van der Waals surface area contributed by atoms with Crippen LogP contribution in [-0.2, 0) is 11.3 Å². The highest BCUT2D eigenvalue weighted by Gasteiger charge is 2.09. The van der Waals surface area contributed by atoms with Crippen LogP contribution in [0.4, 0.5) is 0 Å². The summed E-state index contributed by atoms with van der Waals surface area (Å²) in [7, 11) is 0. The summed E-state index contributed by atoms with van der Waals surface area (Å²) in [6, 6.07) is 15.5. The summed E-state index contributed by atoms with van der Waals surface area (Å²) in [6.45, 7) is 4.43.